The number of esters is 1. The highest BCUT2D eigenvalue weighted by Crippen LogP contribution is 2.40. The van der Waals surface area contributed by atoms with Crippen molar-refractivity contribution in [2.45, 2.75) is 13.8 Å². The maximum Gasteiger partial charge on any atom is 0.330 e. The second-order valence-electron chi connectivity index (χ2n) is 5.00. The molecule has 0 bridgehead atoms. The zero-order valence-electron chi connectivity index (χ0n) is 13.9. The van der Waals surface area contributed by atoms with Crippen LogP contribution in [0.5, 0.6) is 5.75 Å². The molecule has 0 aliphatic rings. The van der Waals surface area contributed by atoms with Crippen molar-refractivity contribution in [2.24, 2.45) is 0 Å². The van der Waals surface area contributed by atoms with Gasteiger partial charge in [0.15, 0.2) is 5.13 Å². The Kier molecular flexibility index (Phi) is 5.39. The fourth-order valence-electron chi connectivity index (χ4n) is 2.19. The molecular weight excluding hydrogens is 312 g/mol. The van der Waals surface area contributed by atoms with E-state index in [0.29, 0.717) is 0 Å². The van der Waals surface area contributed by atoms with Gasteiger partial charge in [0, 0.05) is 18.7 Å². The van der Waals surface area contributed by atoms with Gasteiger partial charge in [0.2, 0.25) is 0 Å². The second kappa shape index (κ2) is 7.28. The normalized spacial score (nSPS) is 11.3. The Morgan fingerprint density at radius 2 is 2.09 bits per heavy atom. The molecule has 0 saturated carbocycles. The number of hydrogen-bond acceptors (Lipinski definition) is 6. The molecule has 0 aliphatic carbocycles. The number of aryl methyl sites for hydroxylation is 1. The van der Waals surface area contributed by atoms with E-state index in [2.05, 4.69) is 10.3 Å². The van der Waals surface area contributed by atoms with Crippen LogP contribution in [0.2, 0.25) is 0 Å². The number of rotatable bonds is 5. The third-order valence-electron chi connectivity index (χ3n) is 3.34. The van der Waals surface area contributed by atoms with Gasteiger partial charge in [-0.1, -0.05) is 23.0 Å². The lowest BCUT2D eigenvalue weighted by atomic mass is 10.0. The molecule has 0 saturated heterocycles. The third-order valence-corrected chi connectivity index (χ3v) is 4.55. The number of hydrogen-bond donors (Lipinski definition) is 1. The van der Waals surface area contributed by atoms with Crippen LogP contribution in [0, 0.1) is 6.92 Å². The summed E-state index contributed by atoms with van der Waals surface area (Å²) in [6.07, 6.45) is 1.47. The molecule has 1 N–H and O–H groups in total. The van der Waals surface area contributed by atoms with Gasteiger partial charge in [-0.05, 0) is 31.6 Å². The van der Waals surface area contributed by atoms with Gasteiger partial charge in [0.25, 0.3) is 0 Å². The van der Waals surface area contributed by atoms with Crippen LogP contribution in [0.3, 0.4) is 0 Å². The maximum absolute atomic E-state index is 11.5. The highest BCUT2D eigenvalue weighted by atomic mass is 32.1. The Labute approximate surface area is 140 Å². The number of anilines is 1. The van der Waals surface area contributed by atoms with Gasteiger partial charge in [-0.3, -0.25) is 0 Å². The van der Waals surface area contributed by atoms with Gasteiger partial charge in [-0.15, -0.1) is 0 Å². The summed E-state index contributed by atoms with van der Waals surface area (Å²) in [5, 5.41) is 3.83. The van der Waals surface area contributed by atoms with E-state index in [0.717, 1.165) is 38.2 Å². The number of aromatic nitrogens is 1. The molecule has 0 amide bonds. The van der Waals surface area contributed by atoms with Crippen LogP contribution < -0.4 is 10.1 Å². The Hall–Kier alpha value is -2.34. The molecule has 0 radical (unpaired) electrons. The van der Waals surface area contributed by atoms with E-state index in [1.54, 1.807) is 7.11 Å². The summed E-state index contributed by atoms with van der Waals surface area (Å²) < 4.78 is 10.2. The minimum Gasteiger partial charge on any atom is -0.496 e. The molecule has 2 aromatic rings. The predicted molar refractivity (Wildman–Crippen MR) is 94.1 cm³/mol. The van der Waals surface area contributed by atoms with Gasteiger partial charge in [0.1, 0.15) is 5.75 Å². The fourth-order valence-corrected chi connectivity index (χ4v) is 3.09. The summed E-state index contributed by atoms with van der Waals surface area (Å²) >= 11 is 1.49. The number of benzene rings is 1. The van der Waals surface area contributed by atoms with Crippen molar-refractivity contribution < 1.29 is 14.3 Å². The van der Waals surface area contributed by atoms with Gasteiger partial charge < -0.3 is 14.8 Å². The van der Waals surface area contributed by atoms with Crippen LogP contribution >= 0.6 is 11.3 Å². The van der Waals surface area contributed by atoms with Crippen molar-refractivity contribution in [2.75, 3.05) is 26.6 Å². The van der Waals surface area contributed by atoms with Crippen LogP contribution in [-0.2, 0) is 9.53 Å². The molecule has 1 aromatic heterocycles. The van der Waals surface area contributed by atoms with Crippen LogP contribution in [0.25, 0.3) is 16.8 Å². The zero-order valence-corrected chi connectivity index (χ0v) is 14.7. The first-order valence-electron chi connectivity index (χ1n) is 7.10. The zero-order chi connectivity index (χ0) is 17.0. The highest BCUT2D eigenvalue weighted by Gasteiger charge is 2.18. The van der Waals surface area contributed by atoms with Crippen molar-refractivity contribution in [3.8, 4) is 17.0 Å². The average Bonchev–Trinajstić information content (AvgIpc) is 2.99. The van der Waals surface area contributed by atoms with E-state index < -0.39 is 0 Å². The smallest absolute Gasteiger partial charge is 0.330 e. The minimum atomic E-state index is -0.385. The number of carbonyl (C=O) groups excluding carboxylic acids is 1. The van der Waals surface area contributed by atoms with Crippen molar-refractivity contribution >= 4 is 28.0 Å². The molecule has 1 aromatic carbocycles. The Morgan fingerprint density at radius 1 is 1.35 bits per heavy atom. The summed E-state index contributed by atoms with van der Waals surface area (Å²) in [7, 11) is 4.82. The van der Waals surface area contributed by atoms with Crippen LogP contribution in [0.4, 0.5) is 5.13 Å². The Morgan fingerprint density at radius 3 is 2.70 bits per heavy atom. The molecule has 0 spiro atoms. The minimum absolute atomic E-state index is 0.385. The maximum atomic E-state index is 11.5. The third kappa shape index (κ3) is 3.71. The molecule has 0 fully saturated rings. The first-order chi connectivity index (χ1) is 11.0. The molecule has 0 unspecified atom stereocenters. The second-order valence-corrected chi connectivity index (χ2v) is 6.00. The topological polar surface area (TPSA) is 60.5 Å². The molecular formula is C17H20N2O3S. The number of nitrogens with zero attached hydrogens (tertiary/aromatic N) is 1. The molecule has 1 heterocycles. The monoisotopic (exact) mass is 332 g/mol. The molecule has 5 nitrogen and oxygen atoms in total. The molecule has 2 rings (SSSR count). The van der Waals surface area contributed by atoms with Gasteiger partial charge in [-0.25, -0.2) is 9.78 Å². The molecule has 0 atom stereocenters. The quantitative estimate of drug-likeness (QED) is 0.667. The van der Waals surface area contributed by atoms with E-state index in [-0.39, 0.29) is 5.97 Å². The van der Waals surface area contributed by atoms with Crippen LogP contribution in [0.15, 0.2) is 24.3 Å². The number of nitrogens with one attached hydrogen (secondary N) is 1. The number of allylic oxidation sites excluding steroid dienone is 1. The largest absolute Gasteiger partial charge is 0.496 e. The van der Waals surface area contributed by atoms with Crippen LogP contribution in [0.1, 0.15) is 17.4 Å². The molecule has 23 heavy (non-hydrogen) atoms. The number of methoxy groups -OCH3 is 2. The van der Waals surface area contributed by atoms with Gasteiger partial charge >= 0.3 is 5.97 Å². The number of ether oxygens (including phenoxy) is 2. The molecule has 6 heteroatoms. The first kappa shape index (κ1) is 17.0. The molecule has 122 valence electrons. The van der Waals surface area contributed by atoms with E-state index in [1.807, 2.05) is 39.1 Å². The summed E-state index contributed by atoms with van der Waals surface area (Å²) in [5.41, 5.74) is 3.60. The van der Waals surface area contributed by atoms with E-state index in [4.69, 9.17) is 9.47 Å². The standard InChI is InChI=1S/C17H20N2O3S/c1-10-6-7-13(21-4)12(8-10)15-16(23-17(18-3)19-15)11(2)9-14(20)22-5/h6-9H,1-5H3,(H,18,19)/b11-9+. The summed E-state index contributed by atoms with van der Waals surface area (Å²) in [6, 6.07) is 5.94. The lowest BCUT2D eigenvalue weighted by Gasteiger charge is -2.09. The fraction of sp³-hybridized carbons (Fsp3) is 0.294. The Balaban J connectivity index is 2.63. The highest BCUT2D eigenvalue weighted by molar-refractivity contribution is 7.17. The average molecular weight is 332 g/mol. The molecule has 0 aliphatic heterocycles. The lowest BCUT2D eigenvalue weighted by Crippen LogP contribution is -1.96. The summed E-state index contributed by atoms with van der Waals surface area (Å²) in [4.78, 5) is 17.1. The van der Waals surface area contributed by atoms with Gasteiger partial charge in [-0.2, -0.15) is 0 Å². The van der Waals surface area contributed by atoms with E-state index in [1.165, 1.54) is 24.5 Å². The van der Waals surface area contributed by atoms with Crippen molar-refractivity contribution in [1.82, 2.24) is 4.98 Å². The van der Waals surface area contributed by atoms with E-state index >= 15 is 0 Å². The number of carbonyl (C=O) groups is 1. The van der Waals surface area contributed by atoms with Crippen molar-refractivity contribution in [1.29, 1.82) is 0 Å². The summed E-state index contributed by atoms with van der Waals surface area (Å²) in [6.45, 7) is 3.89. The summed E-state index contributed by atoms with van der Waals surface area (Å²) in [5.74, 6) is 0.361. The SMILES string of the molecule is CNc1nc(-c2cc(C)ccc2OC)c(/C(C)=C/C(=O)OC)s1. The van der Waals surface area contributed by atoms with Crippen molar-refractivity contribution in [3.05, 3.63) is 34.7 Å². The van der Waals surface area contributed by atoms with Crippen molar-refractivity contribution in [3.63, 3.8) is 0 Å². The van der Waals surface area contributed by atoms with E-state index in [9.17, 15) is 4.79 Å². The Bertz CT molecular complexity index is 750. The predicted octanol–water partition coefficient (Wildman–Crippen LogP) is 3.75. The van der Waals surface area contributed by atoms with Gasteiger partial charge in [0.05, 0.1) is 24.8 Å². The first-order valence-corrected chi connectivity index (χ1v) is 7.92. The van der Waals surface area contributed by atoms with Crippen LogP contribution in [-0.4, -0.2) is 32.2 Å². The number of thiazole rings is 1. The lowest BCUT2D eigenvalue weighted by molar-refractivity contribution is -0.134.